The summed E-state index contributed by atoms with van der Waals surface area (Å²) in [6.07, 6.45) is 8.39. The second-order valence-electron chi connectivity index (χ2n) is 10.8. The van der Waals surface area contributed by atoms with Crippen molar-refractivity contribution in [1.82, 2.24) is 4.90 Å². The van der Waals surface area contributed by atoms with Gasteiger partial charge in [0.2, 0.25) is 11.8 Å². The Morgan fingerprint density at radius 2 is 1.52 bits per heavy atom. The zero-order valence-corrected chi connectivity index (χ0v) is 23.4. The van der Waals surface area contributed by atoms with Gasteiger partial charge in [0.1, 0.15) is 11.8 Å². The Morgan fingerprint density at radius 3 is 2.20 bits per heavy atom. The van der Waals surface area contributed by atoms with Gasteiger partial charge in [-0.2, -0.15) is 0 Å². The Kier molecular flexibility index (Phi) is 6.74. The number of ether oxygens (including phenoxy) is 1. The minimum atomic E-state index is -0.927. The summed E-state index contributed by atoms with van der Waals surface area (Å²) in [7, 11) is 1.59. The molecule has 3 amide bonds. The highest BCUT2D eigenvalue weighted by Gasteiger charge is 2.73. The molecule has 0 aliphatic carbocycles. The largest absolute Gasteiger partial charge is 0.497 e. The third kappa shape index (κ3) is 3.97. The van der Waals surface area contributed by atoms with Crippen LogP contribution in [0.25, 0.3) is 0 Å². The average Bonchev–Trinajstić information content (AvgIpc) is 3.23. The van der Waals surface area contributed by atoms with Crippen LogP contribution >= 0.6 is 11.8 Å². The quantitative estimate of drug-likeness (QED) is 0.547. The van der Waals surface area contributed by atoms with Crippen molar-refractivity contribution >= 4 is 40.9 Å². The molecule has 2 fully saturated rings. The van der Waals surface area contributed by atoms with Crippen LogP contribution in [0.15, 0.2) is 78.9 Å². The highest BCUT2D eigenvalue weighted by Crippen LogP contribution is 2.65. The monoisotopic (exact) mass is 559 g/mol. The minimum Gasteiger partial charge on any atom is -0.497 e. The van der Waals surface area contributed by atoms with E-state index in [1.807, 2.05) is 79.7 Å². The molecule has 2 aromatic rings. The molecule has 6 rings (SSSR count). The second-order valence-corrected chi connectivity index (χ2v) is 12.6. The smallest absolute Gasteiger partial charge is 0.251 e. The number of aliphatic hydroxyl groups is 1. The van der Waals surface area contributed by atoms with E-state index >= 15 is 0 Å². The molecule has 4 aliphatic heterocycles. The van der Waals surface area contributed by atoms with Crippen LogP contribution in [0.4, 0.5) is 11.4 Å². The van der Waals surface area contributed by atoms with Crippen LogP contribution in [0.5, 0.6) is 5.75 Å². The van der Waals surface area contributed by atoms with Crippen molar-refractivity contribution in [2.24, 2.45) is 11.8 Å². The molecule has 0 saturated carbocycles. The van der Waals surface area contributed by atoms with Gasteiger partial charge in [0.15, 0.2) is 0 Å². The molecule has 1 unspecified atom stereocenters. The van der Waals surface area contributed by atoms with Crippen molar-refractivity contribution in [3.05, 3.63) is 78.9 Å². The molecular weight excluding hydrogens is 526 g/mol. The van der Waals surface area contributed by atoms with Crippen molar-refractivity contribution in [1.29, 1.82) is 0 Å². The molecule has 0 radical (unpaired) electrons. The van der Waals surface area contributed by atoms with E-state index in [2.05, 4.69) is 6.08 Å². The lowest BCUT2D eigenvalue weighted by atomic mass is 9.74. The number of carbonyl (C=O) groups excluding carboxylic acids is 3. The standard InChI is InChI=1S/C31H33N3O5S/c1-30-15-6-17-32(21-9-4-3-5-10-21)27(36)24(30)25-28(37)34(19-8-20-35)26-29(38)33(18-7-16-31(25,26)40-30)22-11-13-23(39-2)14-12-22/h3-7,9-16,24-26,35H,8,17-20H2,1-2H3/t24-,25+,26?,30+,31+/m1/s1. The number of amides is 3. The highest BCUT2D eigenvalue weighted by atomic mass is 32.2. The topological polar surface area (TPSA) is 90.4 Å². The van der Waals surface area contributed by atoms with E-state index < -0.39 is 27.4 Å². The summed E-state index contributed by atoms with van der Waals surface area (Å²) in [6.45, 7) is 2.93. The van der Waals surface area contributed by atoms with E-state index in [4.69, 9.17) is 4.74 Å². The second kappa shape index (κ2) is 10.1. The van der Waals surface area contributed by atoms with E-state index in [-0.39, 0.29) is 30.9 Å². The van der Waals surface area contributed by atoms with E-state index in [1.54, 1.807) is 33.6 Å². The van der Waals surface area contributed by atoms with Crippen LogP contribution in [0.2, 0.25) is 0 Å². The van der Waals surface area contributed by atoms with Gasteiger partial charge in [-0.1, -0.05) is 42.5 Å². The number of hydrogen-bond acceptors (Lipinski definition) is 6. The molecule has 9 heteroatoms. The molecule has 0 bridgehead atoms. The van der Waals surface area contributed by atoms with Crippen LogP contribution < -0.4 is 14.5 Å². The van der Waals surface area contributed by atoms with Gasteiger partial charge in [0.25, 0.3) is 5.91 Å². The van der Waals surface area contributed by atoms with Gasteiger partial charge in [0, 0.05) is 42.4 Å². The number of benzene rings is 2. The highest BCUT2D eigenvalue weighted by molar-refractivity contribution is 8.02. The minimum absolute atomic E-state index is 0.0991. The van der Waals surface area contributed by atoms with Crippen LogP contribution in [0.3, 0.4) is 0 Å². The van der Waals surface area contributed by atoms with E-state index in [0.717, 1.165) is 5.69 Å². The third-order valence-electron chi connectivity index (χ3n) is 8.57. The van der Waals surface area contributed by atoms with Crippen molar-refractivity contribution in [3.8, 4) is 5.75 Å². The number of anilines is 2. The van der Waals surface area contributed by atoms with Crippen molar-refractivity contribution in [3.63, 3.8) is 0 Å². The third-order valence-corrected chi connectivity index (χ3v) is 10.4. The number of thioether (sulfide) groups is 1. The molecule has 0 aromatic heterocycles. The van der Waals surface area contributed by atoms with Gasteiger partial charge >= 0.3 is 0 Å². The summed E-state index contributed by atoms with van der Waals surface area (Å²) >= 11 is 1.56. The maximum atomic E-state index is 14.5. The first-order valence-corrected chi connectivity index (χ1v) is 14.4. The lowest BCUT2D eigenvalue weighted by Crippen LogP contribution is -2.53. The molecule has 2 saturated heterocycles. The first-order valence-electron chi connectivity index (χ1n) is 13.6. The summed E-state index contributed by atoms with van der Waals surface area (Å²) in [4.78, 5) is 48.2. The predicted molar refractivity (Wildman–Crippen MR) is 155 cm³/mol. The number of para-hydroxylation sites is 1. The predicted octanol–water partition coefficient (Wildman–Crippen LogP) is 3.27. The van der Waals surface area contributed by atoms with Gasteiger partial charge in [-0.25, -0.2) is 0 Å². The summed E-state index contributed by atoms with van der Waals surface area (Å²) in [6, 6.07) is 16.0. The number of likely N-dealkylation sites (tertiary alicyclic amines) is 1. The van der Waals surface area contributed by atoms with Gasteiger partial charge < -0.3 is 24.5 Å². The Bertz CT molecular complexity index is 1380. The number of nitrogens with zero attached hydrogens (tertiary/aromatic N) is 3. The zero-order chi connectivity index (χ0) is 28.1. The molecule has 4 aliphatic rings. The normalized spacial score (nSPS) is 31.1. The van der Waals surface area contributed by atoms with Crippen molar-refractivity contribution in [2.75, 3.05) is 43.2 Å². The number of aliphatic hydroxyl groups excluding tert-OH is 1. The fourth-order valence-corrected chi connectivity index (χ4v) is 8.99. The number of hydrogen-bond donors (Lipinski definition) is 1. The summed E-state index contributed by atoms with van der Waals surface area (Å²) < 4.78 is 3.69. The fraction of sp³-hybridized carbons (Fsp3) is 0.387. The zero-order valence-electron chi connectivity index (χ0n) is 22.6. The van der Waals surface area contributed by atoms with Gasteiger partial charge in [-0.15, -0.1) is 11.8 Å². The molecule has 1 spiro atoms. The van der Waals surface area contributed by atoms with Crippen LogP contribution in [-0.4, -0.2) is 76.6 Å². The number of methoxy groups -OCH3 is 1. The Morgan fingerprint density at radius 1 is 0.875 bits per heavy atom. The summed E-state index contributed by atoms with van der Waals surface area (Å²) in [5, 5.41) is 9.65. The Hall–Kier alpha value is -3.56. The van der Waals surface area contributed by atoms with Crippen molar-refractivity contribution in [2.45, 2.75) is 28.9 Å². The molecule has 8 nitrogen and oxygen atoms in total. The molecule has 2 aromatic carbocycles. The van der Waals surface area contributed by atoms with Gasteiger partial charge in [0.05, 0.1) is 23.7 Å². The van der Waals surface area contributed by atoms with Crippen LogP contribution in [-0.2, 0) is 14.4 Å². The molecule has 40 heavy (non-hydrogen) atoms. The molecule has 5 atom stereocenters. The lowest BCUT2D eigenvalue weighted by molar-refractivity contribution is -0.139. The Labute approximate surface area is 238 Å². The number of rotatable bonds is 6. The summed E-state index contributed by atoms with van der Waals surface area (Å²) in [5.41, 5.74) is 1.49. The van der Waals surface area contributed by atoms with Gasteiger partial charge in [-0.3, -0.25) is 14.4 Å². The number of carbonyl (C=O) groups is 3. The average molecular weight is 560 g/mol. The first kappa shape index (κ1) is 26.7. The molecule has 1 N–H and O–H groups in total. The van der Waals surface area contributed by atoms with E-state index in [1.165, 1.54) is 0 Å². The fourth-order valence-electron chi connectivity index (χ4n) is 6.84. The lowest BCUT2D eigenvalue weighted by Gasteiger charge is -2.36. The molecule has 4 heterocycles. The van der Waals surface area contributed by atoms with Crippen LogP contribution in [0, 0.1) is 11.8 Å². The van der Waals surface area contributed by atoms with Crippen molar-refractivity contribution < 1.29 is 24.2 Å². The Balaban J connectivity index is 1.45. The SMILES string of the molecule is COc1ccc(N2CC=C[C@]34S[C@@]5(C)C=CCN(c6ccccc6)C(=O)[C@H]5[C@H]3C(=O)N(CCCO)C4C2=O)cc1. The van der Waals surface area contributed by atoms with Crippen LogP contribution in [0.1, 0.15) is 13.3 Å². The van der Waals surface area contributed by atoms with E-state index in [0.29, 0.717) is 30.9 Å². The molecule has 208 valence electrons. The maximum Gasteiger partial charge on any atom is 0.251 e. The molecular formula is C31H33N3O5S. The number of fused-ring (bicyclic) bond motifs is 2. The first-order chi connectivity index (χ1) is 19.3. The summed E-state index contributed by atoms with van der Waals surface area (Å²) in [5.74, 6) is -1.19. The van der Waals surface area contributed by atoms with E-state index in [9.17, 15) is 19.5 Å². The van der Waals surface area contributed by atoms with Gasteiger partial charge in [-0.05, 0) is 49.7 Å². The maximum absolute atomic E-state index is 14.5.